The lowest BCUT2D eigenvalue weighted by atomic mass is 10.1. The first-order valence-electron chi connectivity index (χ1n) is 14.2. The van der Waals surface area contributed by atoms with Crippen LogP contribution in [0.2, 0.25) is 0 Å². The molecular weight excluding hydrogens is 564 g/mol. The van der Waals surface area contributed by atoms with Crippen LogP contribution in [0, 0.1) is 5.92 Å². The standard InChI is InChI=1S/C20H38N4O6.C9H6O4/c1-18(2)4-6-24-16-19(22-23-24)17-30-15-14-29-13-12-28-11-10-27-9-8-26-7-5-20(25)21-3;10-6-3-1-5-2-4-7(11)13-9(5)8(6)12/h16,18H,4-15,17H2,1-3H3,(H,21,25);1-4,10,12H. The van der Waals surface area contributed by atoms with E-state index < -0.39 is 11.4 Å². The van der Waals surface area contributed by atoms with Crippen LogP contribution in [-0.4, -0.2) is 97.6 Å². The number of amides is 1. The molecule has 0 bridgehead atoms. The monoisotopic (exact) mass is 608 g/mol. The Morgan fingerprint density at radius 1 is 0.907 bits per heavy atom. The van der Waals surface area contributed by atoms with Crippen molar-refractivity contribution in [3.05, 3.63) is 46.6 Å². The van der Waals surface area contributed by atoms with Gasteiger partial charge in [0.05, 0.1) is 72.3 Å². The van der Waals surface area contributed by atoms with Gasteiger partial charge >= 0.3 is 5.63 Å². The minimum atomic E-state index is -0.562. The summed E-state index contributed by atoms with van der Waals surface area (Å²) in [6, 6.07) is 5.64. The number of carbonyl (C=O) groups is 1. The number of fused-ring (bicyclic) bond motifs is 1. The number of aromatic hydroxyl groups is 2. The molecule has 0 aliphatic heterocycles. The van der Waals surface area contributed by atoms with Crippen molar-refractivity contribution < 1.29 is 43.1 Å². The second kappa shape index (κ2) is 21.2. The fourth-order valence-electron chi connectivity index (χ4n) is 3.36. The van der Waals surface area contributed by atoms with E-state index in [1.54, 1.807) is 13.1 Å². The number of benzene rings is 1. The quantitative estimate of drug-likeness (QED) is 0.0970. The summed E-state index contributed by atoms with van der Waals surface area (Å²) in [5, 5.41) is 29.7. The third-order valence-electron chi connectivity index (χ3n) is 5.75. The zero-order valence-electron chi connectivity index (χ0n) is 25.2. The third-order valence-corrected chi connectivity index (χ3v) is 5.75. The molecule has 0 aliphatic carbocycles. The maximum absolute atomic E-state index is 11.0. The molecule has 0 radical (unpaired) electrons. The summed E-state index contributed by atoms with van der Waals surface area (Å²) in [5.41, 5.74) is 0.278. The van der Waals surface area contributed by atoms with E-state index in [1.165, 1.54) is 18.2 Å². The molecule has 3 rings (SSSR count). The summed E-state index contributed by atoms with van der Waals surface area (Å²) in [6.45, 7) is 10.1. The Morgan fingerprint density at radius 3 is 2.09 bits per heavy atom. The van der Waals surface area contributed by atoms with Crippen LogP contribution in [0.5, 0.6) is 11.5 Å². The largest absolute Gasteiger partial charge is 0.504 e. The first-order valence-corrected chi connectivity index (χ1v) is 14.2. The summed E-state index contributed by atoms with van der Waals surface area (Å²) < 4.78 is 33.6. The molecule has 14 nitrogen and oxygen atoms in total. The molecule has 2 heterocycles. The van der Waals surface area contributed by atoms with Gasteiger partial charge in [-0.1, -0.05) is 19.1 Å². The number of hydrogen-bond acceptors (Lipinski definition) is 12. The Bertz CT molecular complexity index is 1250. The number of phenolic OH excluding ortho intramolecular Hbond substituents is 2. The molecule has 0 aliphatic rings. The number of rotatable bonds is 20. The molecule has 0 unspecified atom stereocenters. The number of carbonyl (C=O) groups excluding carboxylic acids is 1. The lowest BCUT2D eigenvalue weighted by molar-refractivity contribution is -0.121. The third kappa shape index (κ3) is 15.5. The predicted molar refractivity (Wildman–Crippen MR) is 157 cm³/mol. The van der Waals surface area contributed by atoms with E-state index in [0.717, 1.165) is 18.7 Å². The molecule has 2 aromatic heterocycles. The Hall–Kier alpha value is -3.56. The molecule has 240 valence electrons. The highest BCUT2D eigenvalue weighted by Gasteiger charge is 2.07. The Balaban J connectivity index is 0.000000407. The molecule has 43 heavy (non-hydrogen) atoms. The van der Waals surface area contributed by atoms with Crippen molar-refractivity contribution in [2.75, 3.05) is 66.5 Å². The molecular formula is C29H44N4O10. The zero-order chi connectivity index (χ0) is 31.3. The molecule has 0 atom stereocenters. The lowest BCUT2D eigenvalue weighted by Crippen LogP contribution is -2.20. The van der Waals surface area contributed by atoms with Gasteiger partial charge in [0.25, 0.3) is 0 Å². The fraction of sp³-hybridized carbons (Fsp3) is 0.586. The number of hydrogen-bond donors (Lipinski definition) is 3. The highest BCUT2D eigenvalue weighted by atomic mass is 16.6. The number of aromatic nitrogens is 3. The minimum Gasteiger partial charge on any atom is -0.504 e. The summed E-state index contributed by atoms with van der Waals surface area (Å²) >= 11 is 0. The van der Waals surface area contributed by atoms with E-state index in [4.69, 9.17) is 33.2 Å². The topological polar surface area (TPSA) is 177 Å². The van der Waals surface area contributed by atoms with Crippen LogP contribution in [0.1, 0.15) is 32.4 Å². The van der Waals surface area contributed by atoms with Crippen LogP contribution >= 0.6 is 0 Å². The fourth-order valence-corrected chi connectivity index (χ4v) is 3.36. The van der Waals surface area contributed by atoms with Crippen LogP contribution in [0.4, 0.5) is 0 Å². The highest BCUT2D eigenvalue weighted by molar-refractivity contribution is 5.84. The van der Waals surface area contributed by atoms with Crippen molar-refractivity contribution in [2.24, 2.45) is 5.92 Å². The van der Waals surface area contributed by atoms with Gasteiger partial charge in [-0.05, 0) is 30.5 Å². The van der Waals surface area contributed by atoms with Crippen LogP contribution < -0.4 is 10.9 Å². The summed E-state index contributed by atoms with van der Waals surface area (Å²) in [7, 11) is 1.61. The van der Waals surface area contributed by atoms with Gasteiger partial charge < -0.3 is 43.6 Å². The summed E-state index contributed by atoms with van der Waals surface area (Å²) in [5.74, 6) is -0.0916. The number of ether oxygens (including phenoxy) is 5. The first-order chi connectivity index (χ1) is 20.8. The van der Waals surface area contributed by atoms with Gasteiger partial charge in [0, 0.05) is 31.5 Å². The predicted octanol–water partition coefficient (Wildman–Crippen LogP) is 2.25. The van der Waals surface area contributed by atoms with Crippen molar-refractivity contribution in [1.29, 1.82) is 0 Å². The Kier molecular flexibility index (Phi) is 17.6. The van der Waals surface area contributed by atoms with E-state index in [1.807, 2.05) is 10.9 Å². The van der Waals surface area contributed by atoms with E-state index in [2.05, 4.69) is 29.5 Å². The van der Waals surface area contributed by atoms with Crippen molar-refractivity contribution in [1.82, 2.24) is 20.3 Å². The van der Waals surface area contributed by atoms with E-state index in [-0.39, 0.29) is 17.2 Å². The summed E-state index contributed by atoms with van der Waals surface area (Å²) in [4.78, 5) is 21.8. The maximum atomic E-state index is 11.0. The van der Waals surface area contributed by atoms with E-state index >= 15 is 0 Å². The average molecular weight is 609 g/mol. The van der Waals surface area contributed by atoms with Gasteiger partial charge in [-0.3, -0.25) is 9.48 Å². The van der Waals surface area contributed by atoms with Gasteiger partial charge in [-0.25, -0.2) is 4.79 Å². The molecule has 1 amide bonds. The van der Waals surface area contributed by atoms with Gasteiger partial charge in [-0.15, -0.1) is 5.10 Å². The second-order valence-electron chi connectivity index (χ2n) is 9.69. The normalized spacial score (nSPS) is 11.1. The van der Waals surface area contributed by atoms with Crippen LogP contribution in [-0.2, 0) is 41.6 Å². The molecule has 0 fully saturated rings. The van der Waals surface area contributed by atoms with Gasteiger partial charge in [0.2, 0.25) is 11.7 Å². The molecule has 3 aromatic rings. The lowest BCUT2D eigenvalue weighted by Gasteiger charge is -2.07. The van der Waals surface area contributed by atoms with Crippen LogP contribution in [0.25, 0.3) is 11.0 Å². The van der Waals surface area contributed by atoms with Crippen LogP contribution in [0.3, 0.4) is 0 Å². The minimum absolute atomic E-state index is 0.00694. The molecule has 0 spiro atoms. The first kappa shape index (κ1) is 35.6. The average Bonchev–Trinajstić information content (AvgIpc) is 3.46. The van der Waals surface area contributed by atoms with E-state index in [9.17, 15) is 14.7 Å². The number of aryl methyl sites for hydroxylation is 1. The molecule has 14 heteroatoms. The highest BCUT2D eigenvalue weighted by Crippen LogP contribution is 2.32. The summed E-state index contributed by atoms with van der Waals surface area (Å²) in [6.07, 6.45) is 3.38. The second-order valence-corrected chi connectivity index (χ2v) is 9.69. The van der Waals surface area contributed by atoms with Crippen molar-refractivity contribution >= 4 is 16.9 Å². The molecule has 0 saturated carbocycles. The molecule has 3 N–H and O–H groups in total. The Morgan fingerprint density at radius 2 is 1.49 bits per heavy atom. The van der Waals surface area contributed by atoms with Gasteiger partial charge in [0.15, 0.2) is 11.3 Å². The van der Waals surface area contributed by atoms with E-state index in [0.29, 0.717) is 83.8 Å². The SMILES string of the molecule is CNC(=O)CCOCCOCCOCCOCCOCc1cn(CCC(C)C)nn1.O=c1ccc2ccc(O)c(O)c2o1. The number of nitrogens with one attached hydrogen (secondary N) is 1. The Labute approximate surface area is 250 Å². The molecule has 0 saturated heterocycles. The number of nitrogens with zero attached hydrogens (tertiary/aromatic N) is 3. The van der Waals surface area contributed by atoms with Gasteiger partial charge in [-0.2, -0.15) is 0 Å². The smallest absolute Gasteiger partial charge is 0.336 e. The van der Waals surface area contributed by atoms with Crippen molar-refractivity contribution in [3.8, 4) is 11.5 Å². The maximum Gasteiger partial charge on any atom is 0.336 e. The van der Waals surface area contributed by atoms with Crippen molar-refractivity contribution in [2.45, 2.75) is 39.8 Å². The zero-order valence-corrected chi connectivity index (χ0v) is 25.2. The van der Waals surface area contributed by atoms with Crippen LogP contribution in [0.15, 0.2) is 39.7 Å². The number of phenols is 2. The molecule has 1 aromatic carbocycles. The van der Waals surface area contributed by atoms with Crippen molar-refractivity contribution in [3.63, 3.8) is 0 Å². The van der Waals surface area contributed by atoms with Gasteiger partial charge in [0.1, 0.15) is 5.69 Å².